The van der Waals surface area contributed by atoms with E-state index in [-0.39, 0.29) is 0 Å². The van der Waals surface area contributed by atoms with Gasteiger partial charge in [0.2, 0.25) is 0 Å². The Morgan fingerprint density at radius 1 is 0.184 bits per heavy atom. The van der Waals surface area contributed by atoms with Crippen molar-refractivity contribution < 1.29 is 0 Å². The molecule has 640 valence electrons. The summed E-state index contributed by atoms with van der Waals surface area (Å²) < 4.78 is 9.75. The fourth-order valence-electron chi connectivity index (χ4n) is 20.7. The fourth-order valence-corrected chi connectivity index (χ4v) is 20.7. The molecule has 0 aliphatic rings. The third-order valence-corrected chi connectivity index (χ3v) is 26.6. The second kappa shape index (κ2) is 34.1. The first-order valence-electron chi connectivity index (χ1n) is 46.2. The maximum absolute atomic E-state index is 7.49. The minimum absolute atomic E-state index is 0.629. The molecule has 25 rings (SSSR count). The summed E-state index contributed by atoms with van der Waals surface area (Å²) in [6, 6.07) is 163. The third-order valence-electron chi connectivity index (χ3n) is 26.6. The van der Waals surface area contributed by atoms with Crippen molar-refractivity contribution in [3.05, 3.63) is 489 Å². The molecule has 0 radical (unpaired) electrons. The number of benzene rings is 19. The van der Waals surface area contributed by atoms with Gasteiger partial charge in [0, 0.05) is 98.7 Å². The Labute approximate surface area is 788 Å². The van der Waals surface area contributed by atoms with Crippen molar-refractivity contribution in [1.29, 1.82) is 0 Å². The molecule has 0 spiro atoms. The first-order chi connectivity index (χ1) is 67.0. The van der Waals surface area contributed by atoms with Gasteiger partial charge in [-0.25, -0.2) is 24.8 Å². The van der Waals surface area contributed by atoms with Crippen molar-refractivity contribution in [2.75, 3.05) is 0 Å². The van der Waals surface area contributed by atoms with Gasteiger partial charge in [0.1, 0.15) is 0 Å². The number of rotatable bonds is 15. The zero-order valence-corrected chi connectivity index (χ0v) is 75.3. The van der Waals surface area contributed by atoms with Crippen LogP contribution in [0.3, 0.4) is 0 Å². The van der Waals surface area contributed by atoms with Crippen LogP contribution in [0.5, 0.6) is 0 Å². The molecular formula is C127H87N9. The summed E-state index contributed by atoms with van der Waals surface area (Å²) in [7, 11) is 0. The largest absolute Gasteiger partial charge is 0.309 e. The predicted molar refractivity (Wildman–Crippen MR) is 566 cm³/mol. The van der Waals surface area contributed by atoms with E-state index in [0.29, 0.717) is 17.3 Å². The molecule has 0 aliphatic heterocycles. The molecule has 0 bridgehead atoms. The molecule has 0 N–H and O–H groups in total. The maximum atomic E-state index is 7.49. The van der Waals surface area contributed by atoms with Crippen LogP contribution in [0.1, 0.15) is 22.3 Å². The predicted octanol–water partition coefficient (Wildman–Crippen LogP) is 33.5. The first-order valence-corrected chi connectivity index (χ1v) is 46.2. The van der Waals surface area contributed by atoms with Crippen molar-refractivity contribution >= 4 is 92.9 Å². The van der Waals surface area contributed by atoms with Gasteiger partial charge in [-0.1, -0.05) is 374 Å². The number of hydrogen-bond donors (Lipinski definition) is 0. The summed E-state index contributed by atoms with van der Waals surface area (Å²) in [5, 5.41) is 9.50. The van der Waals surface area contributed by atoms with Crippen molar-refractivity contribution in [1.82, 2.24) is 38.2 Å². The lowest BCUT2D eigenvalue weighted by Crippen LogP contribution is -2.04. The van der Waals surface area contributed by atoms with Crippen LogP contribution < -0.4 is 0 Å². The molecule has 6 aromatic heterocycles. The van der Waals surface area contributed by atoms with Crippen LogP contribution in [-0.4, -0.2) is 38.2 Å². The summed E-state index contributed by atoms with van der Waals surface area (Å²) in [5.74, 6) is 1.29. The van der Waals surface area contributed by atoms with Crippen LogP contribution in [0.2, 0.25) is 0 Å². The van der Waals surface area contributed by atoms with Gasteiger partial charge in [0.05, 0.1) is 96.2 Å². The normalized spacial score (nSPS) is 11.5. The van der Waals surface area contributed by atoms with E-state index >= 15 is 0 Å². The standard InChI is InChI=1S/C68H50N4.C59H37N5/c1-43-34-44(2)37-51(36-43)49-30-32-64-57(40-49)58-41-50(52-38-45(3)35-46(4)39-52)31-33-65(58)72(64)66-29-17-25-56(68-69-59(47-18-7-5-8-19-47)42-60(70-68)48-20-9-6-10-21-48)67(66)55-24-13-16-28-63(55)71-61-26-14-11-22-53(61)54-23-12-15-27-62(54)71;1-60-43-34-31-39(32-35-43)42-33-36-56-49(37-42)46-23-10-14-28-54(46)64(56)57-30-16-25-48(59-61-50(40-17-4-2-5-18-40)38-51(62-59)41-19-6-3-7-20-41)58(57)47-24-11-15-29-55(47)63-52-26-12-8-21-44(52)45-22-9-13-27-53(45)63/h5-42H,1-4H3;2-38H. The molecule has 0 atom stereocenters. The van der Waals surface area contributed by atoms with Gasteiger partial charge in [-0.15, -0.1) is 0 Å². The summed E-state index contributed by atoms with van der Waals surface area (Å²) in [6.07, 6.45) is 0. The highest BCUT2D eigenvalue weighted by Gasteiger charge is 2.29. The smallest absolute Gasteiger partial charge is 0.187 e. The number of para-hydroxylation sites is 7. The van der Waals surface area contributed by atoms with E-state index in [1.54, 1.807) is 0 Å². The van der Waals surface area contributed by atoms with Crippen LogP contribution >= 0.6 is 0 Å². The van der Waals surface area contributed by atoms with Gasteiger partial charge >= 0.3 is 0 Å². The zero-order chi connectivity index (χ0) is 91.0. The van der Waals surface area contributed by atoms with Gasteiger partial charge in [0.25, 0.3) is 0 Å². The average molecular weight is 1740 g/mol. The second-order valence-electron chi connectivity index (χ2n) is 35.4. The molecule has 25 aromatic rings. The molecule has 6 heterocycles. The van der Waals surface area contributed by atoms with Crippen molar-refractivity contribution in [2.45, 2.75) is 27.7 Å². The lowest BCUT2D eigenvalue weighted by molar-refractivity contribution is 1.15. The highest BCUT2D eigenvalue weighted by molar-refractivity contribution is 6.16. The number of hydrogen-bond acceptors (Lipinski definition) is 4. The quantitative estimate of drug-likeness (QED) is 0.0959. The lowest BCUT2D eigenvalue weighted by Gasteiger charge is -2.21. The average Bonchev–Trinajstić information content (AvgIpc) is 1.56. The Hall–Kier alpha value is -18.0. The van der Waals surface area contributed by atoms with E-state index in [0.717, 1.165) is 167 Å². The molecule has 19 aromatic carbocycles. The first kappa shape index (κ1) is 81.3. The van der Waals surface area contributed by atoms with Gasteiger partial charge in [-0.2, -0.15) is 0 Å². The monoisotopic (exact) mass is 1740 g/mol. The highest BCUT2D eigenvalue weighted by atomic mass is 15.0. The van der Waals surface area contributed by atoms with Gasteiger partial charge in [-0.3, -0.25) is 0 Å². The van der Waals surface area contributed by atoms with Gasteiger partial charge < -0.3 is 18.3 Å². The SMILES string of the molecule is Cc1cc(C)cc(-c2ccc3c(c2)c2cc(-c4cc(C)cc(C)c4)ccc2n3-c2cccc(-c3nc(-c4ccccc4)cc(-c4ccccc4)n3)c2-c2ccccc2-n2c3ccccc3c3ccccc32)c1.[C-]#[N+]c1ccc(-c2ccc3c(c2)c2ccccc2n3-c2cccc(-c3nc(-c4ccccc4)cc(-c4ccccc4)n3)c2-c2ccccc2-n2c3ccccc3c3ccccc32)cc1. The molecule has 0 fully saturated rings. The Bertz CT molecular complexity index is 8710. The number of aromatic nitrogens is 8. The molecule has 0 aliphatic carbocycles. The Balaban J connectivity index is 0.000000150. The molecule has 9 heteroatoms. The number of fused-ring (bicyclic) bond motifs is 12. The summed E-state index contributed by atoms with van der Waals surface area (Å²) in [6.45, 7) is 16.2. The number of nitrogens with zero attached hydrogens (tertiary/aromatic N) is 9. The van der Waals surface area contributed by atoms with E-state index < -0.39 is 0 Å². The Morgan fingerprint density at radius 3 is 0.765 bits per heavy atom. The van der Waals surface area contributed by atoms with Gasteiger partial charge in [-0.05, 0) is 164 Å². The van der Waals surface area contributed by atoms with E-state index in [1.165, 1.54) is 76.8 Å². The topological polar surface area (TPSA) is 75.6 Å². The summed E-state index contributed by atoms with van der Waals surface area (Å²) in [4.78, 5) is 25.5. The second-order valence-corrected chi connectivity index (χ2v) is 35.4. The third kappa shape index (κ3) is 14.4. The summed E-state index contributed by atoms with van der Waals surface area (Å²) >= 11 is 0. The van der Waals surface area contributed by atoms with E-state index in [9.17, 15) is 0 Å². The van der Waals surface area contributed by atoms with E-state index in [1.807, 2.05) is 36.4 Å². The Morgan fingerprint density at radius 2 is 0.434 bits per heavy atom. The van der Waals surface area contributed by atoms with Crippen molar-refractivity contribution in [3.8, 4) is 146 Å². The van der Waals surface area contributed by atoms with Crippen LogP contribution in [0.25, 0.3) is 238 Å². The van der Waals surface area contributed by atoms with Crippen molar-refractivity contribution in [2.24, 2.45) is 0 Å². The molecular weight excluding hydrogens is 1650 g/mol. The minimum Gasteiger partial charge on any atom is -0.309 e. The van der Waals surface area contributed by atoms with Crippen LogP contribution in [0.15, 0.2) is 455 Å². The maximum Gasteiger partial charge on any atom is 0.187 e. The summed E-state index contributed by atoms with van der Waals surface area (Å²) in [5.41, 5.74) is 39.3. The molecule has 136 heavy (non-hydrogen) atoms. The van der Waals surface area contributed by atoms with Crippen LogP contribution in [-0.2, 0) is 0 Å². The molecule has 0 amide bonds. The van der Waals surface area contributed by atoms with Gasteiger partial charge in [0.15, 0.2) is 17.3 Å². The molecule has 0 unspecified atom stereocenters. The molecule has 0 saturated heterocycles. The van der Waals surface area contributed by atoms with Crippen LogP contribution in [0, 0.1) is 34.3 Å². The Kier molecular flexibility index (Phi) is 20.4. The zero-order valence-electron chi connectivity index (χ0n) is 75.3. The van der Waals surface area contributed by atoms with E-state index in [2.05, 4.69) is 469 Å². The molecule has 9 nitrogen and oxygen atoms in total. The lowest BCUT2D eigenvalue weighted by atomic mass is 9.94. The van der Waals surface area contributed by atoms with Crippen molar-refractivity contribution in [3.63, 3.8) is 0 Å². The number of aryl methyl sites for hydroxylation is 4. The molecule has 0 saturated carbocycles. The van der Waals surface area contributed by atoms with E-state index in [4.69, 9.17) is 26.5 Å². The fraction of sp³-hybridized carbons (Fsp3) is 0.0315. The van der Waals surface area contributed by atoms with Crippen LogP contribution in [0.4, 0.5) is 5.69 Å². The minimum atomic E-state index is 0.629. The highest BCUT2D eigenvalue weighted by Crippen LogP contribution is 2.50.